The summed E-state index contributed by atoms with van der Waals surface area (Å²) >= 11 is 6.00. The number of likely N-dealkylation sites (tertiary alicyclic amines) is 1. The Hall–Kier alpha value is -1.89. The van der Waals surface area contributed by atoms with E-state index in [2.05, 4.69) is 5.16 Å². The summed E-state index contributed by atoms with van der Waals surface area (Å²) in [6.07, 6.45) is -1.26. The van der Waals surface area contributed by atoms with E-state index in [9.17, 15) is 9.90 Å². The van der Waals surface area contributed by atoms with Gasteiger partial charge in [0.2, 0.25) is 0 Å². The predicted octanol–water partition coefficient (Wildman–Crippen LogP) is 1.48. The molecule has 1 aromatic carbocycles. The van der Waals surface area contributed by atoms with Crippen molar-refractivity contribution >= 4 is 17.5 Å². The van der Waals surface area contributed by atoms with Crippen molar-refractivity contribution in [3.05, 3.63) is 52.4 Å². The van der Waals surface area contributed by atoms with Crippen LogP contribution in [0.15, 0.2) is 34.9 Å². The van der Waals surface area contributed by atoms with Crippen molar-refractivity contribution in [3.63, 3.8) is 0 Å². The Bertz CT molecular complexity index is 682. The molecule has 2 aromatic rings. The highest BCUT2D eigenvalue weighted by atomic mass is 35.5. The zero-order valence-electron chi connectivity index (χ0n) is 11.6. The highest BCUT2D eigenvalue weighted by Gasteiger charge is 2.37. The minimum Gasteiger partial charge on any atom is -0.388 e. The fraction of sp³-hybridized carbons (Fsp3) is 0.333. The molecule has 0 radical (unpaired) electrons. The number of hydrogen-bond acceptors (Lipinski definition) is 5. The van der Waals surface area contributed by atoms with Crippen molar-refractivity contribution < 1.29 is 19.5 Å². The molecule has 1 aliphatic heterocycles. The Morgan fingerprint density at radius 3 is 2.82 bits per heavy atom. The maximum Gasteiger partial charge on any atom is 0.256 e. The number of aliphatic hydroxyl groups is 2. The molecular weight excluding hydrogens is 308 g/mol. The van der Waals surface area contributed by atoms with E-state index >= 15 is 0 Å². The van der Waals surface area contributed by atoms with Crippen LogP contribution in [0.25, 0.3) is 0 Å². The number of amides is 1. The molecule has 1 aromatic heterocycles. The summed E-state index contributed by atoms with van der Waals surface area (Å²) in [5.41, 5.74) is 1.11. The standard InChI is InChI=1S/C15H15ClN2O4/c16-12-4-2-1-3-11(12)14(20)15(21)18-6-9(7-18)13-5-10(8-19)22-17-13/h1-5,9,14,19-20H,6-8H2/t14-/m1/s1. The number of carbonyl (C=O) groups excluding carboxylic acids is 1. The van der Waals surface area contributed by atoms with Gasteiger partial charge in [-0.15, -0.1) is 0 Å². The Kier molecular flexibility index (Phi) is 4.15. The second-order valence-corrected chi connectivity index (χ2v) is 5.65. The van der Waals surface area contributed by atoms with Crippen LogP contribution in [0.4, 0.5) is 0 Å². The molecule has 2 heterocycles. The van der Waals surface area contributed by atoms with Crippen LogP contribution in [0.3, 0.4) is 0 Å². The van der Waals surface area contributed by atoms with Crippen molar-refractivity contribution in [2.45, 2.75) is 18.6 Å². The molecule has 0 aliphatic carbocycles. The van der Waals surface area contributed by atoms with Gasteiger partial charge in [-0.05, 0) is 6.07 Å². The molecule has 22 heavy (non-hydrogen) atoms. The van der Waals surface area contributed by atoms with Gasteiger partial charge in [0.05, 0.1) is 5.69 Å². The molecule has 1 fully saturated rings. The van der Waals surface area contributed by atoms with Crippen LogP contribution >= 0.6 is 11.6 Å². The maximum atomic E-state index is 12.2. The van der Waals surface area contributed by atoms with Gasteiger partial charge < -0.3 is 19.6 Å². The second kappa shape index (κ2) is 6.08. The Labute approximate surface area is 131 Å². The van der Waals surface area contributed by atoms with E-state index in [0.717, 1.165) is 0 Å². The van der Waals surface area contributed by atoms with Crippen molar-refractivity contribution in [2.24, 2.45) is 0 Å². The van der Waals surface area contributed by atoms with Crippen LogP contribution in [0.1, 0.15) is 29.0 Å². The lowest BCUT2D eigenvalue weighted by molar-refractivity contribution is -0.145. The van der Waals surface area contributed by atoms with Gasteiger partial charge in [-0.25, -0.2) is 0 Å². The van der Waals surface area contributed by atoms with E-state index in [4.69, 9.17) is 21.2 Å². The highest BCUT2D eigenvalue weighted by Crippen LogP contribution is 2.31. The summed E-state index contributed by atoms with van der Waals surface area (Å²) in [5.74, 6) is 0.0811. The third kappa shape index (κ3) is 2.72. The molecule has 2 N–H and O–H groups in total. The van der Waals surface area contributed by atoms with E-state index < -0.39 is 6.10 Å². The average molecular weight is 323 g/mol. The van der Waals surface area contributed by atoms with Gasteiger partial charge in [0.15, 0.2) is 11.9 Å². The fourth-order valence-electron chi connectivity index (χ4n) is 2.44. The monoisotopic (exact) mass is 322 g/mol. The first-order valence-electron chi connectivity index (χ1n) is 6.87. The van der Waals surface area contributed by atoms with Crippen LogP contribution in [0, 0.1) is 0 Å². The topological polar surface area (TPSA) is 86.8 Å². The number of benzene rings is 1. The van der Waals surface area contributed by atoms with E-state index in [1.807, 2.05) is 0 Å². The Morgan fingerprint density at radius 2 is 2.18 bits per heavy atom. The fourth-order valence-corrected chi connectivity index (χ4v) is 2.68. The first-order chi connectivity index (χ1) is 10.6. The minimum atomic E-state index is -1.26. The molecule has 0 saturated carbocycles. The van der Waals surface area contributed by atoms with E-state index in [-0.39, 0.29) is 18.4 Å². The number of rotatable bonds is 4. The minimum absolute atomic E-state index is 0.0615. The quantitative estimate of drug-likeness (QED) is 0.890. The van der Waals surface area contributed by atoms with Crippen LogP contribution < -0.4 is 0 Å². The molecule has 1 aliphatic rings. The summed E-state index contributed by atoms with van der Waals surface area (Å²) in [6, 6.07) is 8.41. The Morgan fingerprint density at radius 1 is 1.45 bits per heavy atom. The lowest BCUT2D eigenvalue weighted by atomic mass is 9.94. The number of hydrogen-bond donors (Lipinski definition) is 2. The van der Waals surface area contributed by atoms with E-state index in [1.54, 1.807) is 35.2 Å². The van der Waals surface area contributed by atoms with Gasteiger partial charge >= 0.3 is 0 Å². The molecular formula is C15H15ClN2O4. The van der Waals surface area contributed by atoms with E-state index in [1.165, 1.54) is 0 Å². The lowest BCUT2D eigenvalue weighted by Gasteiger charge is -2.39. The SMILES string of the molecule is O=C([C@H](O)c1ccccc1Cl)N1CC(c2cc(CO)on2)C1. The van der Waals surface area contributed by atoms with Gasteiger partial charge in [-0.2, -0.15) is 0 Å². The van der Waals surface area contributed by atoms with Gasteiger partial charge in [-0.1, -0.05) is 35.0 Å². The molecule has 6 nitrogen and oxygen atoms in total. The number of nitrogens with zero attached hydrogens (tertiary/aromatic N) is 2. The first-order valence-corrected chi connectivity index (χ1v) is 7.25. The number of aromatic nitrogens is 1. The third-order valence-corrected chi connectivity index (χ3v) is 4.12. The van der Waals surface area contributed by atoms with Crippen molar-refractivity contribution in [1.29, 1.82) is 0 Å². The lowest BCUT2D eigenvalue weighted by Crippen LogP contribution is -2.50. The smallest absolute Gasteiger partial charge is 0.256 e. The largest absolute Gasteiger partial charge is 0.388 e. The van der Waals surface area contributed by atoms with E-state index in [0.29, 0.717) is 35.1 Å². The number of halogens is 1. The summed E-state index contributed by atoms with van der Waals surface area (Å²) in [6.45, 7) is 0.711. The molecule has 1 atom stereocenters. The van der Waals surface area contributed by atoms with Crippen LogP contribution in [0.2, 0.25) is 5.02 Å². The van der Waals surface area contributed by atoms with Gasteiger partial charge in [0.1, 0.15) is 6.61 Å². The van der Waals surface area contributed by atoms with Gasteiger partial charge in [0, 0.05) is 35.7 Å². The highest BCUT2D eigenvalue weighted by molar-refractivity contribution is 6.31. The average Bonchev–Trinajstić information content (AvgIpc) is 2.94. The number of aliphatic hydroxyl groups excluding tert-OH is 2. The van der Waals surface area contributed by atoms with Crippen LogP contribution in [-0.4, -0.2) is 39.3 Å². The first kappa shape index (κ1) is 15.0. The number of carbonyl (C=O) groups is 1. The molecule has 0 bridgehead atoms. The van der Waals surface area contributed by atoms with Crippen LogP contribution in [0.5, 0.6) is 0 Å². The Balaban J connectivity index is 1.62. The predicted molar refractivity (Wildman–Crippen MR) is 78.2 cm³/mol. The zero-order chi connectivity index (χ0) is 15.7. The van der Waals surface area contributed by atoms with Crippen LogP contribution in [-0.2, 0) is 11.4 Å². The summed E-state index contributed by atoms with van der Waals surface area (Å²) in [5, 5.41) is 23.3. The molecule has 0 spiro atoms. The molecule has 0 unspecified atom stereocenters. The molecule has 7 heteroatoms. The maximum absolute atomic E-state index is 12.2. The zero-order valence-corrected chi connectivity index (χ0v) is 12.4. The van der Waals surface area contributed by atoms with Crippen molar-refractivity contribution in [2.75, 3.05) is 13.1 Å². The summed E-state index contributed by atoms with van der Waals surface area (Å²) in [4.78, 5) is 13.8. The molecule has 1 amide bonds. The molecule has 1 saturated heterocycles. The summed E-state index contributed by atoms with van der Waals surface area (Å²) in [7, 11) is 0. The normalized spacial score (nSPS) is 16.4. The summed E-state index contributed by atoms with van der Waals surface area (Å²) < 4.78 is 4.93. The van der Waals surface area contributed by atoms with Gasteiger partial charge in [-0.3, -0.25) is 4.79 Å². The molecule has 3 rings (SSSR count). The molecule has 116 valence electrons. The second-order valence-electron chi connectivity index (χ2n) is 5.24. The third-order valence-electron chi connectivity index (χ3n) is 3.78. The van der Waals surface area contributed by atoms with Crippen molar-refractivity contribution in [3.8, 4) is 0 Å². The van der Waals surface area contributed by atoms with Crippen molar-refractivity contribution in [1.82, 2.24) is 10.1 Å². The van der Waals surface area contributed by atoms with Gasteiger partial charge in [0.25, 0.3) is 5.91 Å².